The fraction of sp³-hybridized carbons (Fsp3) is 0.368. The summed E-state index contributed by atoms with van der Waals surface area (Å²) in [6, 6.07) is 4.86. The van der Waals surface area contributed by atoms with E-state index in [0.717, 1.165) is 16.3 Å². The smallest absolute Gasteiger partial charge is 0.328 e. The number of halogens is 2. The molecule has 1 saturated heterocycles. The highest BCUT2D eigenvalue weighted by Crippen LogP contribution is 2.30. The van der Waals surface area contributed by atoms with Gasteiger partial charge >= 0.3 is 6.03 Å². The summed E-state index contributed by atoms with van der Waals surface area (Å²) >= 11 is 6.10. The van der Waals surface area contributed by atoms with Crippen molar-refractivity contribution < 1.29 is 14.0 Å². The number of aryl methyl sites for hydroxylation is 2. The maximum absolute atomic E-state index is 14.2. The Morgan fingerprint density at radius 1 is 1.17 bits per heavy atom. The number of fused-ring (bicyclic) bond motifs is 1. The molecule has 2 atom stereocenters. The summed E-state index contributed by atoms with van der Waals surface area (Å²) in [5, 5.41) is 4.59. The molecule has 0 aliphatic carbocycles. The fourth-order valence-corrected chi connectivity index (χ4v) is 4.00. The quantitative estimate of drug-likeness (QED) is 0.749. The second kappa shape index (κ2) is 6.84. The molecule has 3 amide bonds. The Morgan fingerprint density at radius 3 is 2.52 bits per heavy atom. The number of carbonyl (C=O) groups is 2. The number of hydrogen-bond acceptors (Lipinski definition) is 5. The Bertz CT molecular complexity index is 1030. The standard InChI is InChI=1S/C19H20ClFN6O2/c1-10-8-11(2)27(23-10)18-22-16-15(24(18)3)17(28)26(19(29)25(16)4)9-12-13(20)6-5-7-14(12)21/h5-8,15-16H,9H2,1-4H3. The zero-order valence-corrected chi connectivity index (χ0v) is 17.2. The molecule has 0 N–H and O–H groups in total. The zero-order valence-electron chi connectivity index (χ0n) is 16.4. The Labute approximate surface area is 172 Å². The molecule has 8 nitrogen and oxygen atoms in total. The molecular weight excluding hydrogens is 399 g/mol. The van der Waals surface area contributed by atoms with Gasteiger partial charge in [-0.15, -0.1) is 0 Å². The average Bonchev–Trinajstić information content (AvgIpc) is 3.17. The summed E-state index contributed by atoms with van der Waals surface area (Å²) < 4.78 is 15.9. The molecule has 0 spiro atoms. The maximum Gasteiger partial charge on any atom is 0.328 e. The number of aliphatic imine (C=N–C) groups is 1. The van der Waals surface area contributed by atoms with Crippen molar-refractivity contribution in [3.63, 3.8) is 0 Å². The lowest BCUT2D eigenvalue weighted by molar-refractivity contribution is -0.137. The minimum Gasteiger partial charge on any atom is -0.328 e. The number of amides is 3. The van der Waals surface area contributed by atoms with Crippen LogP contribution in [0.5, 0.6) is 0 Å². The van der Waals surface area contributed by atoms with Crippen LogP contribution in [0.1, 0.15) is 17.0 Å². The molecule has 1 aromatic heterocycles. The van der Waals surface area contributed by atoms with Crippen LogP contribution in [0.2, 0.25) is 5.02 Å². The van der Waals surface area contributed by atoms with E-state index in [9.17, 15) is 14.0 Å². The number of carbonyl (C=O) groups excluding carboxylic acids is 2. The average molecular weight is 419 g/mol. The number of imide groups is 1. The zero-order chi connectivity index (χ0) is 21.0. The van der Waals surface area contributed by atoms with Gasteiger partial charge in [-0.25, -0.2) is 18.9 Å². The van der Waals surface area contributed by atoms with Gasteiger partial charge in [0.2, 0.25) is 5.96 Å². The van der Waals surface area contributed by atoms with E-state index >= 15 is 0 Å². The summed E-state index contributed by atoms with van der Waals surface area (Å²) in [4.78, 5) is 34.8. The molecule has 0 bridgehead atoms. The third-order valence-corrected chi connectivity index (χ3v) is 5.64. The number of rotatable bonds is 2. The van der Waals surface area contributed by atoms with Crippen LogP contribution in [0.4, 0.5) is 9.18 Å². The monoisotopic (exact) mass is 418 g/mol. The van der Waals surface area contributed by atoms with Crippen molar-refractivity contribution in [1.82, 2.24) is 24.5 Å². The Hall–Kier alpha value is -2.94. The molecule has 2 unspecified atom stereocenters. The molecule has 1 fully saturated rings. The summed E-state index contributed by atoms with van der Waals surface area (Å²) in [6.07, 6.45) is -0.689. The van der Waals surface area contributed by atoms with Gasteiger partial charge in [0.1, 0.15) is 5.82 Å². The first-order valence-corrected chi connectivity index (χ1v) is 9.44. The predicted molar refractivity (Wildman–Crippen MR) is 105 cm³/mol. The maximum atomic E-state index is 14.2. The van der Waals surface area contributed by atoms with E-state index in [4.69, 9.17) is 11.6 Å². The molecule has 0 radical (unpaired) electrons. The molecule has 2 aromatic rings. The van der Waals surface area contributed by atoms with E-state index < -0.39 is 30.0 Å². The van der Waals surface area contributed by atoms with Crippen LogP contribution in [0.15, 0.2) is 29.3 Å². The molecule has 29 heavy (non-hydrogen) atoms. The van der Waals surface area contributed by atoms with E-state index in [1.807, 2.05) is 19.9 Å². The molecule has 2 aliphatic rings. The molecule has 1 aromatic carbocycles. The van der Waals surface area contributed by atoms with Crippen LogP contribution in [0.25, 0.3) is 0 Å². The van der Waals surface area contributed by atoms with Gasteiger partial charge < -0.3 is 9.80 Å². The normalized spacial score (nSPS) is 21.7. The molecule has 3 heterocycles. The van der Waals surface area contributed by atoms with Crippen LogP contribution < -0.4 is 0 Å². The van der Waals surface area contributed by atoms with Gasteiger partial charge in [0, 0.05) is 30.4 Å². The Balaban J connectivity index is 1.69. The minimum atomic E-state index is -0.734. The first-order valence-electron chi connectivity index (χ1n) is 9.06. The molecular formula is C19H20ClFN6O2. The number of benzene rings is 1. The third kappa shape index (κ3) is 2.96. The SMILES string of the molecule is Cc1cc(C)n(C2=NC3C(C(=O)N(Cc4c(F)cccc4Cl)C(=O)N3C)N2C)n1. The number of aromatic nitrogens is 2. The van der Waals surface area contributed by atoms with Gasteiger partial charge in [-0.2, -0.15) is 5.10 Å². The number of urea groups is 1. The number of likely N-dealkylation sites (N-methyl/N-ethyl adjacent to an activating group) is 2. The molecule has 4 rings (SSSR count). The van der Waals surface area contributed by atoms with Crippen molar-refractivity contribution in [2.24, 2.45) is 4.99 Å². The first-order chi connectivity index (χ1) is 13.7. The van der Waals surface area contributed by atoms with Crippen LogP contribution in [-0.4, -0.2) is 68.7 Å². The van der Waals surface area contributed by atoms with Gasteiger partial charge in [0.05, 0.1) is 12.2 Å². The molecule has 0 saturated carbocycles. The minimum absolute atomic E-state index is 0.100. The Kier molecular flexibility index (Phi) is 4.57. The topological polar surface area (TPSA) is 74.0 Å². The third-order valence-electron chi connectivity index (χ3n) is 5.29. The van der Waals surface area contributed by atoms with Crippen molar-refractivity contribution in [2.45, 2.75) is 32.6 Å². The van der Waals surface area contributed by atoms with Gasteiger partial charge in [0.25, 0.3) is 5.91 Å². The van der Waals surface area contributed by atoms with E-state index in [-0.39, 0.29) is 17.1 Å². The van der Waals surface area contributed by atoms with Crippen LogP contribution >= 0.6 is 11.6 Å². The van der Waals surface area contributed by atoms with Crippen molar-refractivity contribution in [3.8, 4) is 0 Å². The van der Waals surface area contributed by atoms with Crippen molar-refractivity contribution >= 4 is 29.5 Å². The predicted octanol–water partition coefficient (Wildman–Crippen LogP) is 2.23. The van der Waals surface area contributed by atoms with E-state index in [2.05, 4.69) is 10.1 Å². The summed E-state index contributed by atoms with van der Waals surface area (Å²) in [7, 11) is 3.31. The van der Waals surface area contributed by atoms with E-state index in [1.54, 1.807) is 23.7 Å². The van der Waals surface area contributed by atoms with Crippen molar-refractivity contribution in [1.29, 1.82) is 0 Å². The van der Waals surface area contributed by atoms with Crippen molar-refractivity contribution in [2.75, 3.05) is 14.1 Å². The first kappa shape index (κ1) is 19.4. The van der Waals surface area contributed by atoms with Crippen LogP contribution in [-0.2, 0) is 11.3 Å². The van der Waals surface area contributed by atoms with E-state index in [0.29, 0.717) is 5.96 Å². The second-order valence-electron chi connectivity index (χ2n) is 7.26. The Morgan fingerprint density at radius 2 is 1.90 bits per heavy atom. The van der Waals surface area contributed by atoms with Crippen LogP contribution in [0.3, 0.4) is 0 Å². The van der Waals surface area contributed by atoms with Gasteiger partial charge in [-0.1, -0.05) is 17.7 Å². The lowest BCUT2D eigenvalue weighted by Crippen LogP contribution is -2.64. The summed E-state index contributed by atoms with van der Waals surface area (Å²) in [6.45, 7) is 3.51. The largest absolute Gasteiger partial charge is 0.328 e. The highest BCUT2D eigenvalue weighted by molar-refractivity contribution is 6.31. The second-order valence-corrected chi connectivity index (χ2v) is 7.66. The highest BCUT2D eigenvalue weighted by atomic mass is 35.5. The van der Waals surface area contributed by atoms with Crippen LogP contribution in [0, 0.1) is 19.7 Å². The number of hydrogen-bond donors (Lipinski definition) is 0. The summed E-state index contributed by atoms with van der Waals surface area (Å²) in [5.74, 6) is -0.549. The molecule has 2 aliphatic heterocycles. The van der Waals surface area contributed by atoms with E-state index in [1.165, 1.54) is 23.1 Å². The highest BCUT2D eigenvalue weighted by Gasteiger charge is 2.51. The van der Waals surface area contributed by atoms with Gasteiger partial charge in [-0.05, 0) is 32.0 Å². The van der Waals surface area contributed by atoms with Gasteiger partial charge in [0.15, 0.2) is 12.2 Å². The lowest BCUT2D eigenvalue weighted by Gasteiger charge is -2.40. The summed E-state index contributed by atoms with van der Waals surface area (Å²) in [5.41, 5.74) is 1.78. The fourth-order valence-electron chi connectivity index (χ4n) is 3.78. The van der Waals surface area contributed by atoms with Crippen molar-refractivity contribution in [3.05, 3.63) is 52.1 Å². The molecule has 152 valence electrons. The number of nitrogens with zero attached hydrogens (tertiary/aromatic N) is 6. The molecule has 10 heteroatoms. The van der Waals surface area contributed by atoms with Gasteiger partial charge in [-0.3, -0.25) is 9.69 Å². The lowest BCUT2D eigenvalue weighted by atomic mass is 10.1.